The average Bonchev–Trinajstić information content (AvgIpc) is 2.18. The molecule has 1 atom stereocenters. The van der Waals surface area contributed by atoms with Crippen molar-refractivity contribution in [1.29, 1.82) is 0 Å². The van der Waals surface area contributed by atoms with Crippen molar-refractivity contribution >= 4 is 5.78 Å². The number of rotatable bonds is 4. The summed E-state index contributed by atoms with van der Waals surface area (Å²) in [6, 6.07) is 3.10. The van der Waals surface area contributed by atoms with Gasteiger partial charge in [-0.25, -0.2) is 0 Å². The minimum absolute atomic E-state index is 0.0186. The largest absolute Gasteiger partial charge is 0.321 e. The van der Waals surface area contributed by atoms with Gasteiger partial charge in [0.05, 0.1) is 6.04 Å². The van der Waals surface area contributed by atoms with Crippen LogP contribution < -0.4 is 5.73 Å². The van der Waals surface area contributed by atoms with Crippen LogP contribution in [-0.4, -0.2) is 16.8 Å². The first-order valence-corrected chi connectivity index (χ1v) is 4.45. The third kappa shape index (κ3) is 2.63. The van der Waals surface area contributed by atoms with E-state index >= 15 is 0 Å². The molecule has 1 rings (SSSR count). The molecule has 70 valence electrons. The monoisotopic (exact) mass is 178 g/mol. The van der Waals surface area contributed by atoms with Crippen molar-refractivity contribution in [1.82, 2.24) is 4.98 Å². The summed E-state index contributed by atoms with van der Waals surface area (Å²) in [6.07, 6.45) is 4.85. The number of hydrogen-bond acceptors (Lipinski definition) is 3. The normalized spacial score (nSPS) is 12.5. The lowest BCUT2D eigenvalue weighted by molar-refractivity contribution is 0.0956. The molecule has 1 aromatic heterocycles. The van der Waals surface area contributed by atoms with Gasteiger partial charge >= 0.3 is 0 Å². The molecule has 0 aromatic carbocycles. The molecule has 0 fully saturated rings. The Kier molecular flexibility index (Phi) is 3.58. The number of carbonyl (C=O) groups is 1. The molecule has 0 aliphatic carbocycles. The van der Waals surface area contributed by atoms with E-state index in [1.54, 1.807) is 24.5 Å². The number of ketones is 1. The van der Waals surface area contributed by atoms with Crippen LogP contribution in [0.4, 0.5) is 0 Å². The van der Waals surface area contributed by atoms with Gasteiger partial charge < -0.3 is 5.73 Å². The van der Waals surface area contributed by atoms with Crippen molar-refractivity contribution in [2.75, 3.05) is 0 Å². The van der Waals surface area contributed by atoms with Crippen LogP contribution in [0.1, 0.15) is 30.1 Å². The van der Waals surface area contributed by atoms with Gasteiger partial charge in [0.25, 0.3) is 0 Å². The van der Waals surface area contributed by atoms with Gasteiger partial charge in [-0.1, -0.05) is 13.3 Å². The lowest BCUT2D eigenvalue weighted by atomic mass is 10.0. The van der Waals surface area contributed by atoms with E-state index in [1.165, 1.54) is 0 Å². The first-order chi connectivity index (χ1) is 6.25. The van der Waals surface area contributed by atoms with Crippen molar-refractivity contribution in [3.8, 4) is 0 Å². The molecule has 0 saturated heterocycles. The molecule has 0 radical (unpaired) electrons. The summed E-state index contributed by atoms with van der Waals surface area (Å²) in [5.74, 6) is -0.0186. The van der Waals surface area contributed by atoms with Crippen LogP contribution in [0.5, 0.6) is 0 Å². The minimum atomic E-state index is -0.380. The second-order valence-electron chi connectivity index (χ2n) is 3.00. The van der Waals surface area contributed by atoms with Crippen LogP contribution in [-0.2, 0) is 0 Å². The van der Waals surface area contributed by atoms with Crippen molar-refractivity contribution in [3.63, 3.8) is 0 Å². The summed E-state index contributed by atoms with van der Waals surface area (Å²) in [7, 11) is 0. The van der Waals surface area contributed by atoms with Gasteiger partial charge in [0, 0.05) is 18.0 Å². The standard InChI is InChI=1S/C10H14N2O/c1-2-4-9(11)10(13)8-5-3-6-12-7-8/h3,5-7,9H,2,4,11H2,1H3. The van der Waals surface area contributed by atoms with E-state index in [0.29, 0.717) is 5.56 Å². The van der Waals surface area contributed by atoms with E-state index in [1.807, 2.05) is 6.92 Å². The molecule has 0 aliphatic heterocycles. The van der Waals surface area contributed by atoms with Crippen LogP contribution in [0.2, 0.25) is 0 Å². The topological polar surface area (TPSA) is 56.0 Å². The quantitative estimate of drug-likeness (QED) is 0.709. The summed E-state index contributed by atoms with van der Waals surface area (Å²) in [6.45, 7) is 2.01. The summed E-state index contributed by atoms with van der Waals surface area (Å²) in [4.78, 5) is 15.4. The SMILES string of the molecule is CCCC(N)C(=O)c1cccnc1. The van der Waals surface area contributed by atoms with Gasteiger partial charge in [-0.3, -0.25) is 9.78 Å². The Balaban J connectivity index is 2.68. The maximum Gasteiger partial charge on any atom is 0.181 e. The maximum absolute atomic E-state index is 11.6. The van der Waals surface area contributed by atoms with E-state index < -0.39 is 0 Å². The smallest absolute Gasteiger partial charge is 0.181 e. The number of carbonyl (C=O) groups excluding carboxylic acids is 1. The lowest BCUT2D eigenvalue weighted by Gasteiger charge is -2.07. The van der Waals surface area contributed by atoms with E-state index in [4.69, 9.17) is 5.73 Å². The number of nitrogens with zero attached hydrogens (tertiary/aromatic N) is 1. The van der Waals surface area contributed by atoms with E-state index in [-0.39, 0.29) is 11.8 Å². The number of Topliss-reactive ketones (excluding diaryl/α,β-unsaturated/α-hetero) is 1. The lowest BCUT2D eigenvalue weighted by Crippen LogP contribution is -2.30. The first kappa shape index (κ1) is 9.86. The molecule has 1 unspecified atom stereocenters. The zero-order valence-corrected chi connectivity index (χ0v) is 7.73. The Morgan fingerprint density at radius 2 is 2.46 bits per heavy atom. The number of pyridine rings is 1. The van der Waals surface area contributed by atoms with E-state index in [2.05, 4.69) is 4.98 Å². The molecule has 0 saturated carbocycles. The Bertz CT molecular complexity index is 272. The molecular weight excluding hydrogens is 164 g/mol. The van der Waals surface area contributed by atoms with Crippen LogP contribution in [0, 0.1) is 0 Å². The van der Waals surface area contributed by atoms with Crippen molar-refractivity contribution < 1.29 is 4.79 Å². The second kappa shape index (κ2) is 4.72. The third-order valence-corrected chi connectivity index (χ3v) is 1.88. The van der Waals surface area contributed by atoms with Gasteiger partial charge in [0.1, 0.15) is 0 Å². The number of nitrogens with two attached hydrogens (primary N) is 1. The zero-order chi connectivity index (χ0) is 9.68. The van der Waals surface area contributed by atoms with Crippen molar-refractivity contribution in [2.45, 2.75) is 25.8 Å². The molecule has 3 nitrogen and oxygen atoms in total. The average molecular weight is 178 g/mol. The molecule has 1 aromatic rings. The zero-order valence-electron chi connectivity index (χ0n) is 7.73. The Morgan fingerprint density at radius 3 is 3.00 bits per heavy atom. The van der Waals surface area contributed by atoms with Crippen LogP contribution >= 0.6 is 0 Å². The predicted octanol–water partition coefficient (Wildman–Crippen LogP) is 1.39. The molecular formula is C10H14N2O. The molecule has 3 heteroatoms. The summed E-state index contributed by atoms with van der Waals surface area (Å²) < 4.78 is 0. The fourth-order valence-corrected chi connectivity index (χ4v) is 1.16. The predicted molar refractivity (Wildman–Crippen MR) is 51.5 cm³/mol. The van der Waals surface area contributed by atoms with Crippen molar-refractivity contribution in [3.05, 3.63) is 30.1 Å². The summed E-state index contributed by atoms with van der Waals surface area (Å²) >= 11 is 0. The minimum Gasteiger partial charge on any atom is -0.321 e. The third-order valence-electron chi connectivity index (χ3n) is 1.88. The fourth-order valence-electron chi connectivity index (χ4n) is 1.16. The van der Waals surface area contributed by atoms with Crippen LogP contribution in [0.3, 0.4) is 0 Å². The highest BCUT2D eigenvalue weighted by Gasteiger charge is 2.13. The van der Waals surface area contributed by atoms with Crippen molar-refractivity contribution in [2.24, 2.45) is 5.73 Å². The van der Waals surface area contributed by atoms with E-state index in [0.717, 1.165) is 12.8 Å². The molecule has 0 amide bonds. The Morgan fingerprint density at radius 1 is 1.69 bits per heavy atom. The van der Waals surface area contributed by atoms with Gasteiger partial charge in [-0.15, -0.1) is 0 Å². The Hall–Kier alpha value is -1.22. The van der Waals surface area contributed by atoms with E-state index in [9.17, 15) is 4.79 Å². The van der Waals surface area contributed by atoms with Crippen LogP contribution in [0.25, 0.3) is 0 Å². The van der Waals surface area contributed by atoms with Gasteiger partial charge in [-0.05, 0) is 18.6 Å². The molecule has 0 aliphatic rings. The van der Waals surface area contributed by atoms with Gasteiger partial charge in [-0.2, -0.15) is 0 Å². The Labute approximate surface area is 78.0 Å². The van der Waals surface area contributed by atoms with Crippen LogP contribution in [0.15, 0.2) is 24.5 Å². The number of aromatic nitrogens is 1. The van der Waals surface area contributed by atoms with Gasteiger partial charge in [0.2, 0.25) is 0 Å². The maximum atomic E-state index is 11.6. The molecule has 2 N–H and O–H groups in total. The first-order valence-electron chi connectivity index (χ1n) is 4.45. The summed E-state index contributed by atoms with van der Waals surface area (Å²) in [5.41, 5.74) is 6.28. The highest BCUT2D eigenvalue weighted by atomic mass is 16.1. The molecule has 0 spiro atoms. The summed E-state index contributed by atoms with van der Waals surface area (Å²) in [5, 5.41) is 0. The molecule has 0 bridgehead atoms. The van der Waals surface area contributed by atoms with Gasteiger partial charge in [0.15, 0.2) is 5.78 Å². The number of hydrogen-bond donors (Lipinski definition) is 1. The highest BCUT2D eigenvalue weighted by molar-refractivity contribution is 5.99. The highest BCUT2D eigenvalue weighted by Crippen LogP contribution is 2.04. The molecule has 1 heterocycles. The fraction of sp³-hybridized carbons (Fsp3) is 0.400. The second-order valence-corrected chi connectivity index (χ2v) is 3.00. The molecule has 13 heavy (non-hydrogen) atoms.